The van der Waals surface area contributed by atoms with Crippen molar-refractivity contribution >= 4 is 11.5 Å². The van der Waals surface area contributed by atoms with Gasteiger partial charge in [0.25, 0.3) is 0 Å². The predicted octanol–water partition coefficient (Wildman–Crippen LogP) is 4.04. The fourth-order valence-electron chi connectivity index (χ4n) is 2.28. The molecule has 0 amide bonds. The average Bonchev–Trinajstić information content (AvgIpc) is 2.62. The summed E-state index contributed by atoms with van der Waals surface area (Å²) < 4.78 is 40.5. The summed E-state index contributed by atoms with van der Waals surface area (Å²) in [4.78, 5) is 12.4. The summed E-state index contributed by atoms with van der Waals surface area (Å²) >= 11 is 0. The molecule has 0 bridgehead atoms. The molecule has 0 unspecified atom stereocenters. The molecule has 0 spiro atoms. The summed E-state index contributed by atoms with van der Waals surface area (Å²) in [6, 6.07) is 14.6. The van der Waals surface area contributed by atoms with E-state index >= 15 is 0 Å². The van der Waals surface area contributed by atoms with Crippen LogP contribution in [0.5, 0.6) is 5.75 Å². The molecule has 0 heterocycles. The van der Waals surface area contributed by atoms with Gasteiger partial charge in [-0.3, -0.25) is 9.69 Å². The first-order valence-electron chi connectivity index (χ1n) is 8.27. The number of allylic oxidation sites excluding steroid dienone is 1. The number of carboxylic acids is 1. The quantitative estimate of drug-likeness (QED) is 0.758. The SMILES string of the molecule is CN(C/C=C(/C#Cc1ccc(OC(F)(F)F)cc1)c1ccccc1)CC(=O)O. The van der Waals surface area contributed by atoms with Gasteiger partial charge in [-0.15, -0.1) is 13.2 Å². The molecule has 146 valence electrons. The summed E-state index contributed by atoms with van der Waals surface area (Å²) in [5, 5.41) is 8.84. The van der Waals surface area contributed by atoms with Crippen molar-refractivity contribution in [2.24, 2.45) is 0 Å². The summed E-state index contributed by atoms with van der Waals surface area (Å²) in [6.07, 6.45) is -2.93. The first-order valence-corrected chi connectivity index (χ1v) is 8.27. The van der Waals surface area contributed by atoms with E-state index in [-0.39, 0.29) is 12.3 Å². The van der Waals surface area contributed by atoms with Crippen molar-refractivity contribution in [1.82, 2.24) is 4.90 Å². The Bertz CT molecular complexity index is 879. The van der Waals surface area contributed by atoms with Gasteiger partial charge in [-0.25, -0.2) is 0 Å². The molecule has 28 heavy (non-hydrogen) atoms. The molecular weight excluding hydrogens is 371 g/mol. The van der Waals surface area contributed by atoms with Gasteiger partial charge in [-0.1, -0.05) is 48.2 Å². The van der Waals surface area contributed by atoms with Gasteiger partial charge in [0.05, 0.1) is 6.54 Å². The summed E-state index contributed by atoms with van der Waals surface area (Å²) in [6.45, 7) is 0.274. The normalized spacial score (nSPS) is 11.7. The molecule has 0 aromatic heterocycles. The van der Waals surface area contributed by atoms with Gasteiger partial charge >= 0.3 is 12.3 Å². The first kappa shape index (κ1) is 21.1. The van der Waals surface area contributed by atoms with Crippen molar-refractivity contribution < 1.29 is 27.8 Å². The second kappa shape index (κ2) is 9.62. The minimum absolute atomic E-state index is 0.104. The first-order chi connectivity index (χ1) is 13.2. The number of ether oxygens (including phenoxy) is 1. The van der Waals surface area contributed by atoms with Crippen LogP contribution in [0.4, 0.5) is 13.2 Å². The van der Waals surface area contributed by atoms with Crippen LogP contribution in [0, 0.1) is 11.8 Å². The molecule has 7 heteroatoms. The minimum atomic E-state index is -4.74. The second-order valence-corrected chi connectivity index (χ2v) is 5.90. The molecule has 0 radical (unpaired) electrons. The van der Waals surface area contributed by atoms with E-state index in [0.717, 1.165) is 5.56 Å². The Morgan fingerprint density at radius 3 is 2.36 bits per heavy atom. The van der Waals surface area contributed by atoms with Gasteiger partial charge < -0.3 is 9.84 Å². The third-order valence-corrected chi connectivity index (χ3v) is 3.53. The van der Waals surface area contributed by atoms with Crippen LogP contribution in [0.3, 0.4) is 0 Å². The Labute approximate surface area is 160 Å². The zero-order valence-corrected chi connectivity index (χ0v) is 15.0. The molecule has 1 N–H and O–H groups in total. The van der Waals surface area contributed by atoms with Crippen LogP contribution < -0.4 is 4.74 Å². The second-order valence-electron chi connectivity index (χ2n) is 5.90. The molecule has 0 aliphatic heterocycles. The maximum absolute atomic E-state index is 12.2. The molecule has 0 atom stereocenters. The highest BCUT2D eigenvalue weighted by Crippen LogP contribution is 2.22. The van der Waals surface area contributed by atoms with Crippen LogP contribution in [-0.4, -0.2) is 42.5 Å². The van der Waals surface area contributed by atoms with E-state index < -0.39 is 12.3 Å². The number of hydrogen-bond donors (Lipinski definition) is 1. The number of rotatable bonds is 6. The van der Waals surface area contributed by atoms with E-state index in [1.165, 1.54) is 24.3 Å². The number of nitrogens with zero attached hydrogens (tertiary/aromatic N) is 1. The summed E-state index contributed by atoms with van der Waals surface area (Å²) in [5.41, 5.74) is 2.07. The fourth-order valence-corrected chi connectivity index (χ4v) is 2.28. The Morgan fingerprint density at radius 2 is 1.79 bits per heavy atom. The van der Waals surface area contributed by atoms with Crippen molar-refractivity contribution in [1.29, 1.82) is 0 Å². The monoisotopic (exact) mass is 389 g/mol. The zero-order chi connectivity index (χ0) is 20.6. The highest BCUT2D eigenvalue weighted by Gasteiger charge is 2.30. The molecule has 2 aromatic rings. The highest BCUT2D eigenvalue weighted by atomic mass is 19.4. The van der Waals surface area contributed by atoms with Gasteiger partial charge in [-0.05, 0) is 36.9 Å². The minimum Gasteiger partial charge on any atom is -0.480 e. The van der Waals surface area contributed by atoms with Gasteiger partial charge in [0.2, 0.25) is 0 Å². The smallest absolute Gasteiger partial charge is 0.480 e. The molecule has 2 rings (SSSR count). The largest absolute Gasteiger partial charge is 0.573 e. The molecule has 0 saturated heterocycles. The lowest BCUT2D eigenvalue weighted by Gasteiger charge is -2.11. The Balaban J connectivity index is 2.20. The van der Waals surface area contributed by atoms with Gasteiger partial charge in [0.15, 0.2) is 0 Å². The number of halogens is 3. The zero-order valence-electron chi connectivity index (χ0n) is 15.0. The van der Waals surface area contributed by atoms with E-state index in [2.05, 4.69) is 16.6 Å². The number of benzene rings is 2. The molecule has 0 saturated carbocycles. The van der Waals surface area contributed by atoms with Crippen LogP contribution >= 0.6 is 0 Å². The Kier molecular flexibility index (Phi) is 7.24. The van der Waals surface area contributed by atoms with Gasteiger partial charge in [-0.2, -0.15) is 0 Å². The van der Waals surface area contributed by atoms with Crippen LogP contribution in [-0.2, 0) is 4.79 Å². The summed E-state index contributed by atoms with van der Waals surface area (Å²) in [5.74, 6) is 4.67. The van der Waals surface area contributed by atoms with Crippen LogP contribution in [0.15, 0.2) is 60.7 Å². The van der Waals surface area contributed by atoms with Crippen molar-refractivity contribution in [2.75, 3.05) is 20.1 Å². The lowest BCUT2D eigenvalue weighted by Crippen LogP contribution is -2.25. The lowest BCUT2D eigenvalue weighted by atomic mass is 10.1. The number of carboxylic acid groups (broad SMARTS) is 1. The van der Waals surface area contributed by atoms with E-state index in [9.17, 15) is 18.0 Å². The number of alkyl halides is 3. The Hall–Kier alpha value is -3.24. The average molecular weight is 389 g/mol. The van der Waals surface area contributed by atoms with Crippen molar-refractivity contribution in [2.45, 2.75) is 6.36 Å². The van der Waals surface area contributed by atoms with Crippen molar-refractivity contribution in [3.8, 4) is 17.6 Å². The molecule has 0 aliphatic rings. The maximum Gasteiger partial charge on any atom is 0.573 e. The third kappa shape index (κ3) is 7.56. The predicted molar refractivity (Wildman–Crippen MR) is 99.6 cm³/mol. The molecule has 4 nitrogen and oxygen atoms in total. The highest BCUT2D eigenvalue weighted by molar-refractivity contribution is 5.79. The van der Waals surface area contributed by atoms with Crippen molar-refractivity contribution in [3.05, 3.63) is 71.8 Å². The maximum atomic E-state index is 12.2. The topological polar surface area (TPSA) is 49.8 Å². The van der Waals surface area contributed by atoms with Crippen molar-refractivity contribution in [3.63, 3.8) is 0 Å². The van der Waals surface area contributed by atoms with Crippen LogP contribution in [0.1, 0.15) is 11.1 Å². The Morgan fingerprint density at radius 1 is 1.14 bits per heavy atom. The molecule has 0 aliphatic carbocycles. The molecular formula is C21H18F3NO3. The number of aliphatic carboxylic acids is 1. The number of hydrogen-bond acceptors (Lipinski definition) is 3. The summed E-state index contributed by atoms with van der Waals surface area (Å²) in [7, 11) is 1.68. The van der Waals surface area contributed by atoms with Crippen LogP contribution in [0.2, 0.25) is 0 Å². The molecule has 0 fully saturated rings. The van der Waals surface area contributed by atoms with Crippen LogP contribution in [0.25, 0.3) is 5.57 Å². The standard InChI is InChI=1S/C21H18F3NO3/c1-25(15-20(26)27)14-13-18(17-5-3-2-4-6-17)10-7-16-8-11-19(12-9-16)28-21(22,23)24/h2-6,8-9,11-13H,14-15H2,1H3,(H,26,27)/b18-13-. The van der Waals surface area contributed by atoms with E-state index in [1.54, 1.807) is 11.9 Å². The van der Waals surface area contributed by atoms with E-state index in [4.69, 9.17) is 5.11 Å². The molecule has 2 aromatic carbocycles. The third-order valence-electron chi connectivity index (χ3n) is 3.53. The van der Waals surface area contributed by atoms with E-state index in [1.807, 2.05) is 36.4 Å². The lowest BCUT2D eigenvalue weighted by molar-refractivity contribution is -0.274. The van der Waals surface area contributed by atoms with Gasteiger partial charge in [0, 0.05) is 17.7 Å². The number of likely N-dealkylation sites (N-methyl/N-ethyl adjacent to an activating group) is 1. The fraction of sp³-hybridized carbons (Fsp3) is 0.190. The van der Waals surface area contributed by atoms with Gasteiger partial charge in [0.1, 0.15) is 5.75 Å². The number of carbonyl (C=O) groups is 1. The van der Waals surface area contributed by atoms with E-state index in [0.29, 0.717) is 17.7 Å².